The van der Waals surface area contributed by atoms with Gasteiger partial charge in [-0.05, 0) is 47.6 Å². The third kappa shape index (κ3) is 11.4. The highest BCUT2D eigenvalue weighted by Gasteiger charge is 2.18. The Morgan fingerprint density at radius 1 is 0.657 bits per heavy atom. The summed E-state index contributed by atoms with van der Waals surface area (Å²) in [7, 11) is -4.54. The quantitative estimate of drug-likeness (QED) is 0.152. The lowest BCUT2D eigenvalue weighted by Gasteiger charge is -2.20. The summed E-state index contributed by atoms with van der Waals surface area (Å²) in [5.74, 6) is 0. The molecule has 2 aromatic rings. The van der Waals surface area contributed by atoms with Crippen LogP contribution in [-0.2, 0) is 23.0 Å². The summed E-state index contributed by atoms with van der Waals surface area (Å²) in [4.78, 5) is 0.0445. The molecule has 0 aliphatic rings. The minimum absolute atomic E-state index is 0. The van der Waals surface area contributed by atoms with E-state index >= 15 is 0 Å². The van der Waals surface area contributed by atoms with Crippen LogP contribution in [0.2, 0.25) is 0 Å². The maximum atomic E-state index is 12.4. The van der Waals surface area contributed by atoms with E-state index < -0.39 is 10.1 Å². The number of fused-ring (bicyclic) bond motifs is 1. The first-order chi connectivity index (χ1) is 16.5. The summed E-state index contributed by atoms with van der Waals surface area (Å²) in [6, 6.07) is 9.61. The van der Waals surface area contributed by atoms with Crippen molar-refractivity contribution in [2.75, 3.05) is 0 Å². The molecule has 0 atom stereocenters. The van der Waals surface area contributed by atoms with Crippen LogP contribution in [0.5, 0.6) is 0 Å². The van der Waals surface area contributed by atoms with Crippen molar-refractivity contribution in [3.63, 3.8) is 0 Å². The van der Waals surface area contributed by atoms with Crippen LogP contribution >= 0.6 is 0 Å². The zero-order chi connectivity index (χ0) is 24.7. The molecule has 0 saturated heterocycles. The third-order valence-electron chi connectivity index (χ3n) is 7.03. The average molecular weight is 506 g/mol. The predicted molar refractivity (Wildman–Crippen MR) is 151 cm³/mol. The fourth-order valence-corrected chi connectivity index (χ4v) is 6.07. The van der Waals surface area contributed by atoms with E-state index in [2.05, 4.69) is 19.9 Å². The molecular formula is C30H51NO3S. The van der Waals surface area contributed by atoms with Gasteiger partial charge in [0.15, 0.2) is 0 Å². The molecule has 4 N–H and O–H groups in total. The number of aryl methyl sites for hydroxylation is 1. The third-order valence-corrected chi connectivity index (χ3v) is 7.99. The lowest BCUT2D eigenvalue weighted by Crippen LogP contribution is -2.09. The molecule has 0 unspecified atom stereocenters. The second-order valence-corrected chi connectivity index (χ2v) is 11.3. The number of quaternary nitrogens is 1. The first-order valence-electron chi connectivity index (χ1n) is 14.0. The number of hydrogen-bond acceptors (Lipinski definition) is 3. The highest BCUT2D eigenvalue weighted by molar-refractivity contribution is 7.86. The minimum atomic E-state index is -4.54. The van der Waals surface area contributed by atoms with Crippen LogP contribution in [0.3, 0.4) is 0 Å². The van der Waals surface area contributed by atoms with Crippen molar-refractivity contribution in [2.45, 2.75) is 134 Å². The summed E-state index contributed by atoms with van der Waals surface area (Å²) in [6.07, 6.45) is 21.1. The molecule has 0 amide bonds. The molecule has 0 fully saturated rings. The van der Waals surface area contributed by atoms with Crippen molar-refractivity contribution in [2.24, 2.45) is 0 Å². The van der Waals surface area contributed by atoms with Crippen LogP contribution < -0.4 is 6.15 Å². The highest BCUT2D eigenvalue weighted by Crippen LogP contribution is 2.32. The lowest BCUT2D eigenvalue weighted by molar-refractivity contribution is 0.462. The first kappa shape index (κ1) is 31.6. The smallest absolute Gasteiger partial charge is 0.125 e. The fourth-order valence-electron chi connectivity index (χ4n) is 5.08. The SMILES string of the molecule is CCCCCCCCCCc1cc2ccccc2c(S(=O)(=O)[O-])c1CCCCCCCCCC.[NH4+]. The molecular weight excluding hydrogens is 454 g/mol. The largest absolute Gasteiger partial charge is 0.744 e. The molecule has 0 heterocycles. The highest BCUT2D eigenvalue weighted by atomic mass is 32.2. The van der Waals surface area contributed by atoms with E-state index in [-0.39, 0.29) is 11.0 Å². The normalized spacial score (nSPS) is 11.6. The Kier molecular flexibility index (Phi) is 16.2. The molecule has 0 saturated carbocycles. The van der Waals surface area contributed by atoms with Crippen molar-refractivity contribution < 1.29 is 13.0 Å². The molecule has 4 nitrogen and oxygen atoms in total. The number of hydrogen-bond donors (Lipinski definition) is 1. The van der Waals surface area contributed by atoms with Gasteiger partial charge in [-0.3, -0.25) is 0 Å². The van der Waals surface area contributed by atoms with E-state index in [9.17, 15) is 13.0 Å². The summed E-state index contributed by atoms with van der Waals surface area (Å²) in [5.41, 5.74) is 1.87. The Hall–Kier alpha value is -1.43. The van der Waals surface area contributed by atoms with E-state index in [1.807, 2.05) is 18.2 Å². The molecule has 200 valence electrons. The van der Waals surface area contributed by atoms with Crippen LogP contribution in [0.4, 0.5) is 0 Å². The Bertz CT molecular complexity index is 940. The Labute approximate surface area is 215 Å². The number of benzene rings is 2. The van der Waals surface area contributed by atoms with Gasteiger partial charge in [-0.15, -0.1) is 0 Å². The number of rotatable bonds is 19. The minimum Gasteiger partial charge on any atom is -0.744 e. The van der Waals surface area contributed by atoms with Crippen molar-refractivity contribution in [1.82, 2.24) is 6.15 Å². The molecule has 0 bridgehead atoms. The van der Waals surface area contributed by atoms with E-state index in [1.54, 1.807) is 6.07 Å². The molecule has 35 heavy (non-hydrogen) atoms. The number of unbranched alkanes of at least 4 members (excludes halogenated alkanes) is 14. The summed E-state index contributed by atoms with van der Waals surface area (Å²) >= 11 is 0. The summed E-state index contributed by atoms with van der Waals surface area (Å²) < 4.78 is 37.2. The van der Waals surface area contributed by atoms with E-state index in [1.165, 1.54) is 77.0 Å². The second kappa shape index (κ2) is 17.9. The zero-order valence-corrected chi connectivity index (χ0v) is 23.6. The lowest BCUT2D eigenvalue weighted by atomic mass is 9.93. The topological polar surface area (TPSA) is 93.7 Å². The van der Waals surface area contributed by atoms with Crippen LogP contribution in [0.15, 0.2) is 35.2 Å². The monoisotopic (exact) mass is 505 g/mol. The van der Waals surface area contributed by atoms with Gasteiger partial charge >= 0.3 is 0 Å². The molecule has 0 aliphatic heterocycles. The molecule has 5 heteroatoms. The molecule has 2 rings (SSSR count). The standard InChI is InChI=1S/C30H48O3S.H3N/c1-3-5-7-9-11-13-15-17-21-26-25-27-22-19-20-24-29(27)30(34(31,32)33)28(26)23-18-16-14-12-10-8-6-4-2;/h19-20,22,24-25H,3-18,21,23H2,1-2H3,(H,31,32,33);1H3. The van der Waals surface area contributed by atoms with Gasteiger partial charge in [0.2, 0.25) is 0 Å². The maximum Gasteiger partial charge on any atom is 0.125 e. The fraction of sp³-hybridized carbons (Fsp3) is 0.667. The molecule has 0 aliphatic carbocycles. The molecule has 0 radical (unpaired) electrons. The van der Waals surface area contributed by atoms with Crippen molar-refractivity contribution in [1.29, 1.82) is 0 Å². The molecule has 0 aromatic heterocycles. The van der Waals surface area contributed by atoms with Crippen LogP contribution in [0.1, 0.15) is 128 Å². The van der Waals surface area contributed by atoms with Gasteiger partial charge in [0.25, 0.3) is 0 Å². The molecule has 0 spiro atoms. The van der Waals surface area contributed by atoms with E-state index in [0.717, 1.165) is 48.6 Å². The van der Waals surface area contributed by atoms with Crippen molar-refractivity contribution in [3.05, 3.63) is 41.5 Å². The van der Waals surface area contributed by atoms with Gasteiger partial charge in [0, 0.05) is 0 Å². The van der Waals surface area contributed by atoms with Gasteiger partial charge in [-0.25, -0.2) is 8.42 Å². The zero-order valence-electron chi connectivity index (χ0n) is 22.7. The van der Waals surface area contributed by atoms with Crippen LogP contribution in [0.25, 0.3) is 10.8 Å². The Balaban J connectivity index is 0.00000612. The van der Waals surface area contributed by atoms with Crippen LogP contribution in [0, 0.1) is 0 Å². The van der Waals surface area contributed by atoms with Crippen molar-refractivity contribution in [3.8, 4) is 0 Å². The van der Waals surface area contributed by atoms with Gasteiger partial charge in [-0.2, -0.15) is 0 Å². The van der Waals surface area contributed by atoms with E-state index in [0.29, 0.717) is 11.8 Å². The van der Waals surface area contributed by atoms with Gasteiger partial charge < -0.3 is 10.7 Å². The Morgan fingerprint density at radius 3 is 1.63 bits per heavy atom. The van der Waals surface area contributed by atoms with Crippen LogP contribution in [-0.4, -0.2) is 13.0 Å². The van der Waals surface area contributed by atoms with Gasteiger partial charge in [0.05, 0.1) is 4.90 Å². The summed E-state index contributed by atoms with van der Waals surface area (Å²) in [6.45, 7) is 4.47. The Morgan fingerprint density at radius 2 is 1.11 bits per heavy atom. The van der Waals surface area contributed by atoms with E-state index in [4.69, 9.17) is 0 Å². The molecule has 2 aromatic carbocycles. The first-order valence-corrected chi connectivity index (χ1v) is 15.4. The van der Waals surface area contributed by atoms with Gasteiger partial charge in [0.1, 0.15) is 10.1 Å². The van der Waals surface area contributed by atoms with Gasteiger partial charge in [-0.1, -0.05) is 134 Å². The second-order valence-electron chi connectivity index (χ2n) is 9.97. The summed E-state index contributed by atoms with van der Waals surface area (Å²) in [5, 5.41) is 1.46. The predicted octanol–water partition coefficient (Wildman–Crippen LogP) is 9.49. The average Bonchev–Trinajstić information content (AvgIpc) is 2.81. The maximum absolute atomic E-state index is 12.4. The van der Waals surface area contributed by atoms with Crippen molar-refractivity contribution >= 4 is 20.9 Å².